The van der Waals surface area contributed by atoms with Gasteiger partial charge < -0.3 is 10.2 Å². The number of H-pyrrole nitrogens is 1. The minimum Gasteiger partial charge on any atom is -0.353 e. The molecule has 0 amide bonds. The Kier molecular flexibility index (Phi) is 6.58. The van der Waals surface area contributed by atoms with Crippen LogP contribution in [0.15, 0.2) is 61.1 Å². The van der Waals surface area contributed by atoms with Gasteiger partial charge in [-0.05, 0) is 57.0 Å². The molecule has 0 aromatic carbocycles. The van der Waals surface area contributed by atoms with E-state index >= 15 is 0 Å². The van der Waals surface area contributed by atoms with Crippen molar-refractivity contribution >= 4 is 17.5 Å². The first-order chi connectivity index (χ1) is 20.4. The molecule has 212 valence electrons. The summed E-state index contributed by atoms with van der Waals surface area (Å²) in [6, 6.07) is 14.4. The first-order valence-electron chi connectivity index (χ1n) is 14.1. The molecule has 8 rings (SSSR count). The zero-order valence-corrected chi connectivity index (χ0v) is 23.7. The summed E-state index contributed by atoms with van der Waals surface area (Å²) in [6.45, 7) is 8.49. The first-order valence-corrected chi connectivity index (χ1v) is 14.1. The summed E-state index contributed by atoms with van der Waals surface area (Å²) in [5, 5.41) is 10.4. The predicted molar refractivity (Wildman–Crippen MR) is 159 cm³/mol. The maximum Gasteiger partial charge on any atom is 0.163 e. The van der Waals surface area contributed by atoms with Gasteiger partial charge in [0.1, 0.15) is 17.5 Å². The van der Waals surface area contributed by atoms with E-state index in [2.05, 4.69) is 57.4 Å². The fourth-order valence-corrected chi connectivity index (χ4v) is 5.87. The number of anilines is 3. The van der Waals surface area contributed by atoms with Gasteiger partial charge in [-0.15, -0.1) is 0 Å². The highest BCUT2D eigenvalue weighted by molar-refractivity contribution is 5.62. The molecule has 42 heavy (non-hydrogen) atoms. The van der Waals surface area contributed by atoms with Gasteiger partial charge in [-0.3, -0.25) is 20.0 Å². The van der Waals surface area contributed by atoms with Gasteiger partial charge in [-0.1, -0.05) is 6.07 Å². The standard InChI is InChI=1S/C31H31FN10/c1-18-8-28(37-29-9-19(2)39-40-29)38-31(36-18)22-5-7-30(35-13-22)41-16-24-11-25(17-41)42(24)15-21-4-6-27(34-12-21)26-10-23(32)14-33-20(26)3/h4-10,12-14,24-25H,11,15-17H2,1-3H3,(H2,36,37,38,39,40). The molecular weight excluding hydrogens is 531 g/mol. The average Bonchev–Trinajstić information content (AvgIpc) is 3.41. The van der Waals surface area contributed by atoms with Crippen LogP contribution in [0.25, 0.3) is 22.6 Å². The Morgan fingerprint density at radius 2 is 1.76 bits per heavy atom. The first kappa shape index (κ1) is 26.1. The Balaban J connectivity index is 0.990. The lowest BCUT2D eigenvalue weighted by Gasteiger charge is -2.56. The third-order valence-electron chi connectivity index (χ3n) is 8.01. The molecule has 3 aliphatic heterocycles. The maximum atomic E-state index is 13.7. The molecule has 2 unspecified atom stereocenters. The van der Waals surface area contributed by atoms with Gasteiger partial charge in [-0.2, -0.15) is 5.10 Å². The molecule has 3 saturated heterocycles. The Hall–Kier alpha value is -4.77. The Bertz CT molecular complexity index is 1720. The molecular formula is C31H31FN10. The van der Waals surface area contributed by atoms with Crippen molar-refractivity contribution in [3.05, 3.63) is 89.5 Å². The average molecular weight is 563 g/mol. The number of hydrogen-bond donors (Lipinski definition) is 2. The van der Waals surface area contributed by atoms with E-state index in [9.17, 15) is 4.39 Å². The van der Waals surface area contributed by atoms with Crippen LogP contribution >= 0.6 is 0 Å². The van der Waals surface area contributed by atoms with Crippen LogP contribution in [0.2, 0.25) is 0 Å². The van der Waals surface area contributed by atoms with Gasteiger partial charge in [0.2, 0.25) is 0 Å². The van der Waals surface area contributed by atoms with Gasteiger partial charge in [0.25, 0.3) is 0 Å². The van der Waals surface area contributed by atoms with Gasteiger partial charge in [-0.25, -0.2) is 19.3 Å². The Labute approximate surface area is 243 Å². The Morgan fingerprint density at radius 3 is 2.48 bits per heavy atom. The second-order valence-electron chi connectivity index (χ2n) is 11.1. The highest BCUT2D eigenvalue weighted by Gasteiger charge is 2.44. The van der Waals surface area contributed by atoms with Crippen LogP contribution in [0.1, 0.15) is 29.1 Å². The molecule has 11 heteroatoms. The second kappa shape index (κ2) is 10.6. The number of rotatable bonds is 7. The van der Waals surface area contributed by atoms with E-state index in [1.807, 2.05) is 57.4 Å². The summed E-state index contributed by atoms with van der Waals surface area (Å²) >= 11 is 0. The van der Waals surface area contributed by atoms with Crippen molar-refractivity contribution in [3.8, 4) is 22.6 Å². The topological polar surface area (TPSA) is 112 Å². The normalized spacial score (nSPS) is 18.1. The van der Waals surface area contributed by atoms with Crippen LogP contribution in [-0.2, 0) is 6.54 Å². The van der Waals surface area contributed by atoms with E-state index in [0.717, 1.165) is 64.9 Å². The highest BCUT2D eigenvalue weighted by Crippen LogP contribution is 2.36. The van der Waals surface area contributed by atoms with Crippen LogP contribution in [0, 0.1) is 26.6 Å². The van der Waals surface area contributed by atoms with E-state index in [1.54, 1.807) is 0 Å². The molecule has 0 aliphatic carbocycles. The highest BCUT2D eigenvalue weighted by atomic mass is 19.1. The van der Waals surface area contributed by atoms with Gasteiger partial charge >= 0.3 is 0 Å². The molecule has 0 radical (unpaired) electrons. The fraction of sp³-hybridized carbons (Fsp3) is 0.290. The SMILES string of the molecule is Cc1cc(Nc2cc(C)[nH]n2)nc(-c2ccc(N3CC4CC(C3)N4Cc3ccc(-c4cc(F)cnc4C)nc3)nc2)n1. The fourth-order valence-electron chi connectivity index (χ4n) is 5.87. The lowest BCUT2D eigenvalue weighted by Crippen LogP contribution is -2.68. The predicted octanol–water partition coefficient (Wildman–Crippen LogP) is 4.99. The van der Waals surface area contributed by atoms with Crippen molar-refractivity contribution in [1.29, 1.82) is 0 Å². The summed E-state index contributed by atoms with van der Waals surface area (Å²) in [7, 11) is 0. The summed E-state index contributed by atoms with van der Waals surface area (Å²) < 4.78 is 13.7. The number of nitrogens with one attached hydrogen (secondary N) is 2. The smallest absolute Gasteiger partial charge is 0.163 e. The van der Waals surface area contributed by atoms with E-state index in [1.165, 1.54) is 18.7 Å². The third-order valence-corrected chi connectivity index (χ3v) is 8.01. The number of aromatic nitrogens is 7. The molecule has 3 fully saturated rings. The number of fused-ring (bicyclic) bond motifs is 2. The van der Waals surface area contributed by atoms with Crippen LogP contribution in [0.4, 0.5) is 21.8 Å². The monoisotopic (exact) mass is 562 g/mol. The van der Waals surface area contributed by atoms with Crippen molar-refractivity contribution in [3.63, 3.8) is 0 Å². The van der Waals surface area contributed by atoms with E-state index in [-0.39, 0.29) is 5.82 Å². The number of piperidine rings is 1. The lowest BCUT2D eigenvalue weighted by molar-refractivity contribution is -0.00874. The molecule has 10 nitrogen and oxygen atoms in total. The molecule has 0 saturated carbocycles. The number of pyridine rings is 3. The zero-order valence-electron chi connectivity index (χ0n) is 23.7. The number of aromatic amines is 1. The Morgan fingerprint density at radius 1 is 0.905 bits per heavy atom. The quantitative estimate of drug-likeness (QED) is 0.283. The minimum atomic E-state index is -0.352. The largest absolute Gasteiger partial charge is 0.353 e. The third kappa shape index (κ3) is 5.18. The zero-order chi connectivity index (χ0) is 28.8. The van der Waals surface area contributed by atoms with Crippen molar-refractivity contribution in [1.82, 2.24) is 40.0 Å². The number of hydrogen-bond acceptors (Lipinski definition) is 9. The minimum absolute atomic E-state index is 0.352. The second-order valence-corrected chi connectivity index (χ2v) is 11.1. The van der Waals surface area contributed by atoms with Crippen LogP contribution in [-0.4, -0.2) is 65.2 Å². The molecule has 0 spiro atoms. The van der Waals surface area contributed by atoms with Crippen LogP contribution in [0.5, 0.6) is 0 Å². The number of aryl methyl sites for hydroxylation is 3. The molecule has 2 N–H and O–H groups in total. The number of halogens is 1. The molecule has 2 atom stereocenters. The molecule has 5 aromatic rings. The maximum absolute atomic E-state index is 13.7. The summed E-state index contributed by atoms with van der Waals surface area (Å²) in [5.41, 5.74) is 6.09. The van der Waals surface area contributed by atoms with E-state index in [0.29, 0.717) is 29.5 Å². The summed E-state index contributed by atoms with van der Waals surface area (Å²) in [5.74, 6) is 2.65. The van der Waals surface area contributed by atoms with E-state index < -0.39 is 0 Å². The van der Waals surface area contributed by atoms with Gasteiger partial charge in [0, 0.05) is 84.5 Å². The summed E-state index contributed by atoms with van der Waals surface area (Å²) in [6.07, 6.45) is 6.18. The van der Waals surface area contributed by atoms with Gasteiger partial charge in [0.15, 0.2) is 11.6 Å². The van der Waals surface area contributed by atoms with Crippen molar-refractivity contribution in [2.45, 2.75) is 45.8 Å². The van der Waals surface area contributed by atoms with E-state index in [4.69, 9.17) is 4.98 Å². The van der Waals surface area contributed by atoms with Crippen LogP contribution < -0.4 is 10.2 Å². The number of nitrogens with zero attached hydrogens (tertiary/aromatic N) is 8. The van der Waals surface area contributed by atoms with Crippen molar-refractivity contribution < 1.29 is 4.39 Å². The summed E-state index contributed by atoms with van der Waals surface area (Å²) in [4.78, 5) is 27.7. The lowest BCUT2D eigenvalue weighted by atomic mass is 9.87. The van der Waals surface area contributed by atoms with Crippen molar-refractivity contribution in [2.24, 2.45) is 0 Å². The molecule has 8 heterocycles. The molecule has 3 aliphatic rings. The molecule has 2 bridgehead atoms. The van der Waals surface area contributed by atoms with Crippen LogP contribution in [0.3, 0.4) is 0 Å². The van der Waals surface area contributed by atoms with Gasteiger partial charge in [0.05, 0.1) is 11.9 Å². The van der Waals surface area contributed by atoms with Crippen molar-refractivity contribution in [2.75, 3.05) is 23.3 Å². The number of piperazine rings is 1. The molecule has 5 aromatic heterocycles.